The Morgan fingerprint density at radius 3 is 2.28 bits per heavy atom. The van der Waals surface area contributed by atoms with E-state index in [1.807, 2.05) is 65.8 Å². The molecule has 240 valence electrons. The largest absolute Gasteiger partial charge is 0.466 e. The molecule has 1 aromatic carbocycles. The maximum atomic E-state index is 12.5. The van der Waals surface area contributed by atoms with Crippen LogP contribution in [0.2, 0.25) is 0 Å². The van der Waals surface area contributed by atoms with Crippen LogP contribution in [-0.2, 0) is 39.9 Å². The Hall–Kier alpha value is -3.23. The Bertz CT molecular complexity index is 1130. The summed E-state index contributed by atoms with van der Waals surface area (Å²) in [5.41, 5.74) is 0.948. The number of esters is 2. The molecule has 1 aliphatic carbocycles. The second kappa shape index (κ2) is 16.0. The van der Waals surface area contributed by atoms with E-state index in [2.05, 4.69) is 5.32 Å². The highest BCUT2D eigenvalue weighted by Crippen LogP contribution is 2.44. The van der Waals surface area contributed by atoms with E-state index in [0.29, 0.717) is 6.42 Å². The molecular formula is C34H52N2O7. The van der Waals surface area contributed by atoms with E-state index in [4.69, 9.17) is 9.47 Å². The number of fused-ring (bicyclic) bond motifs is 1. The number of Topliss-reactive ketones (excluding diaryl/α,β-unsaturated/α-hetero) is 1. The summed E-state index contributed by atoms with van der Waals surface area (Å²) in [5, 5.41) is 2.81. The number of amides is 2. The van der Waals surface area contributed by atoms with Gasteiger partial charge in [-0.2, -0.15) is 0 Å². The number of anilines is 1. The molecule has 1 saturated carbocycles. The second-order valence-electron chi connectivity index (χ2n) is 13.2. The first-order valence-corrected chi connectivity index (χ1v) is 15.7. The molecule has 1 aliphatic heterocycles. The third-order valence-electron chi connectivity index (χ3n) is 7.97. The quantitative estimate of drug-likeness (QED) is 0.349. The third kappa shape index (κ3) is 11.1. The highest BCUT2D eigenvalue weighted by Gasteiger charge is 2.42. The summed E-state index contributed by atoms with van der Waals surface area (Å²) in [6.45, 7) is 14.8. The first kappa shape index (κ1) is 36.0. The summed E-state index contributed by atoms with van der Waals surface area (Å²) in [6.07, 6.45) is 5.81. The van der Waals surface area contributed by atoms with Gasteiger partial charge in [-0.05, 0) is 92.2 Å². The van der Waals surface area contributed by atoms with Crippen LogP contribution in [0.25, 0.3) is 0 Å². The highest BCUT2D eigenvalue weighted by molar-refractivity contribution is 6.00. The van der Waals surface area contributed by atoms with E-state index in [1.54, 1.807) is 18.7 Å². The van der Waals surface area contributed by atoms with Crippen molar-refractivity contribution >= 4 is 35.2 Å². The Balaban J connectivity index is 0.000000300. The fourth-order valence-electron chi connectivity index (χ4n) is 5.86. The third-order valence-corrected chi connectivity index (χ3v) is 7.97. The predicted molar refractivity (Wildman–Crippen MR) is 166 cm³/mol. The number of nitrogens with one attached hydrogen (secondary N) is 1. The van der Waals surface area contributed by atoms with Crippen LogP contribution in [0.3, 0.4) is 0 Å². The Morgan fingerprint density at radius 2 is 1.72 bits per heavy atom. The van der Waals surface area contributed by atoms with Crippen molar-refractivity contribution in [2.75, 3.05) is 18.1 Å². The van der Waals surface area contributed by atoms with Crippen LogP contribution >= 0.6 is 0 Å². The molecular weight excluding hydrogens is 548 g/mol. The number of para-hydroxylation sites is 1. The van der Waals surface area contributed by atoms with Gasteiger partial charge in [-0.25, -0.2) is 0 Å². The lowest BCUT2D eigenvalue weighted by Gasteiger charge is -2.29. The van der Waals surface area contributed by atoms with Crippen LogP contribution in [0.15, 0.2) is 24.3 Å². The summed E-state index contributed by atoms with van der Waals surface area (Å²) < 4.78 is 10.5. The normalized spacial score (nSPS) is 18.5. The topological polar surface area (TPSA) is 119 Å². The Morgan fingerprint density at radius 1 is 1.09 bits per heavy atom. The van der Waals surface area contributed by atoms with E-state index >= 15 is 0 Å². The molecule has 0 saturated heterocycles. The first-order chi connectivity index (χ1) is 20.1. The van der Waals surface area contributed by atoms with E-state index in [-0.39, 0.29) is 61.1 Å². The average molecular weight is 601 g/mol. The number of nitrogens with zero attached hydrogens (tertiary/aromatic N) is 1. The second-order valence-corrected chi connectivity index (χ2v) is 13.2. The monoisotopic (exact) mass is 600 g/mol. The SMILES string of the molecule is CC1CCc2ccccc2N(CC(=O)OC(C)(C)C)C1=O.CCOC(=O)C(CC(=O)NC(C)C)CC1(C(C)=O)CCCC1. The van der Waals surface area contributed by atoms with Crippen LogP contribution in [0, 0.1) is 17.3 Å². The van der Waals surface area contributed by atoms with Crippen molar-refractivity contribution in [2.45, 2.75) is 118 Å². The lowest BCUT2D eigenvalue weighted by molar-refractivity contribution is -0.154. The van der Waals surface area contributed by atoms with Crippen LogP contribution in [0.1, 0.15) is 106 Å². The van der Waals surface area contributed by atoms with Gasteiger partial charge >= 0.3 is 11.9 Å². The van der Waals surface area contributed by atoms with E-state index in [1.165, 1.54) is 0 Å². The van der Waals surface area contributed by atoms with E-state index in [0.717, 1.165) is 49.8 Å². The standard InChI is InChI=1S/C17H29NO4.C17H23NO3/c1-5-22-16(21)14(10-15(20)18-12(2)3)11-17(13(4)19)8-6-7-9-17;1-12-9-10-13-7-5-6-8-14(13)18(16(12)20)11-15(19)21-17(2,3)4/h12,14H,5-11H2,1-4H3,(H,18,20);5-8,12H,9-11H2,1-4H3. The smallest absolute Gasteiger partial charge is 0.326 e. The molecule has 1 heterocycles. The van der Waals surface area contributed by atoms with Gasteiger partial charge in [0.05, 0.1) is 12.5 Å². The molecule has 2 aliphatic rings. The van der Waals surface area contributed by atoms with Crippen LogP contribution in [-0.4, -0.2) is 54.3 Å². The van der Waals surface area contributed by atoms with Crippen LogP contribution < -0.4 is 10.2 Å². The number of ketones is 1. The minimum atomic E-state index is -0.545. The van der Waals surface area contributed by atoms with Gasteiger partial charge in [0.2, 0.25) is 11.8 Å². The number of hydrogen-bond acceptors (Lipinski definition) is 7. The Kier molecular flexibility index (Phi) is 13.4. The van der Waals surface area contributed by atoms with Gasteiger partial charge in [-0.1, -0.05) is 38.0 Å². The summed E-state index contributed by atoms with van der Waals surface area (Å²) in [7, 11) is 0. The zero-order valence-corrected chi connectivity index (χ0v) is 27.4. The van der Waals surface area contributed by atoms with Gasteiger partial charge in [0.1, 0.15) is 17.9 Å². The van der Waals surface area contributed by atoms with Crippen molar-refractivity contribution in [1.29, 1.82) is 0 Å². The average Bonchev–Trinajstić information content (AvgIpc) is 3.35. The molecule has 0 spiro atoms. The number of hydrogen-bond donors (Lipinski definition) is 1. The van der Waals surface area contributed by atoms with Gasteiger partial charge in [-0.15, -0.1) is 0 Å². The number of benzene rings is 1. The molecule has 2 unspecified atom stereocenters. The van der Waals surface area contributed by atoms with Crippen molar-refractivity contribution in [1.82, 2.24) is 5.32 Å². The van der Waals surface area contributed by atoms with Gasteiger partial charge in [0.25, 0.3) is 0 Å². The molecule has 0 radical (unpaired) electrons. The van der Waals surface area contributed by atoms with E-state index in [9.17, 15) is 24.0 Å². The molecule has 1 fully saturated rings. The molecule has 0 aromatic heterocycles. The fraction of sp³-hybridized carbons (Fsp3) is 0.676. The van der Waals surface area contributed by atoms with Gasteiger partial charge < -0.3 is 19.7 Å². The first-order valence-electron chi connectivity index (χ1n) is 15.7. The highest BCUT2D eigenvalue weighted by atomic mass is 16.6. The van der Waals surface area contributed by atoms with Gasteiger partial charge in [-0.3, -0.25) is 24.0 Å². The maximum absolute atomic E-state index is 12.5. The number of rotatable bonds is 10. The number of carbonyl (C=O) groups is 5. The molecule has 1 aromatic rings. The minimum Gasteiger partial charge on any atom is -0.466 e. The van der Waals surface area contributed by atoms with Crippen molar-refractivity contribution < 1.29 is 33.4 Å². The fourth-order valence-corrected chi connectivity index (χ4v) is 5.86. The molecule has 43 heavy (non-hydrogen) atoms. The Labute approximate surface area is 257 Å². The van der Waals surface area contributed by atoms with Gasteiger partial charge in [0.15, 0.2) is 0 Å². The summed E-state index contributed by atoms with van der Waals surface area (Å²) in [4.78, 5) is 62.5. The lowest BCUT2D eigenvalue weighted by atomic mass is 9.74. The predicted octanol–water partition coefficient (Wildman–Crippen LogP) is 5.56. The molecule has 2 amide bonds. The zero-order chi connectivity index (χ0) is 32.4. The molecule has 0 bridgehead atoms. The molecule has 9 nitrogen and oxygen atoms in total. The minimum absolute atomic E-state index is 0.00851. The molecule has 3 rings (SSSR count). The van der Waals surface area contributed by atoms with Crippen molar-refractivity contribution in [3.05, 3.63) is 29.8 Å². The van der Waals surface area contributed by atoms with Gasteiger partial charge in [0, 0.05) is 29.5 Å². The molecule has 9 heteroatoms. The number of ether oxygens (including phenoxy) is 2. The summed E-state index contributed by atoms with van der Waals surface area (Å²) in [6, 6.07) is 7.80. The number of aryl methyl sites for hydroxylation is 1. The molecule has 1 N–H and O–H groups in total. The number of carbonyl (C=O) groups excluding carboxylic acids is 5. The van der Waals surface area contributed by atoms with Crippen LogP contribution in [0.4, 0.5) is 5.69 Å². The van der Waals surface area contributed by atoms with Crippen molar-refractivity contribution in [3.8, 4) is 0 Å². The summed E-state index contributed by atoms with van der Waals surface area (Å²) in [5.74, 6) is -1.41. The van der Waals surface area contributed by atoms with Crippen molar-refractivity contribution in [3.63, 3.8) is 0 Å². The summed E-state index contributed by atoms with van der Waals surface area (Å²) >= 11 is 0. The lowest BCUT2D eigenvalue weighted by Crippen LogP contribution is -2.40. The van der Waals surface area contributed by atoms with Crippen LogP contribution in [0.5, 0.6) is 0 Å². The molecule has 2 atom stereocenters. The van der Waals surface area contributed by atoms with E-state index < -0.39 is 16.9 Å². The van der Waals surface area contributed by atoms with Crippen molar-refractivity contribution in [2.24, 2.45) is 17.3 Å². The zero-order valence-electron chi connectivity index (χ0n) is 27.4. The maximum Gasteiger partial charge on any atom is 0.326 e.